The molecule has 0 atom stereocenters. The van der Waals surface area contributed by atoms with Crippen molar-refractivity contribution in [3.05, 3.63) is 54.1 Å². The maximum absolute atomic E-state index is 13.1. The van der Waals surface area contributed by atoms with Gasteiger partial charge in [0.15, 0.2) is 15.4 Å². The minimum Gasteiger partial charge on any atom is -0.478 e. The molecule has 0 aromatic heterocycles. The average Bonchev–Trinajstić information content (AvgIpc) is 2.73. The second-order valence-corrected chi connectivity index (χ2v) is 12.3. The van der Waals surface area contributed by atoms with Crippen molar-refractivity contribution >= 4 is 25.8 Å². The van der Waals surface area contributed by atoms with Crippen molar-refractivity contribution in [1.82, 2.24) is 4.31 Å². The summed E-state index contributed by atoms with van der Waals surface area (Å²) >= 11 is 0. The van der Waals surface area contributed by atoms with Gasteiger partial charge in [-0.1, -0.05) is 19.1 Å². The maximum Gasteiger partial charge on any atom is 0.347 e. The van der Waals surface area contributed by atoms with Gasteiger partial charge in [-0.25, -0.2) is 21.6 Å². The summed E-state index contributed by atoms with van der Waals surface area (Å²) in [6.45, 7) is 5.51. The van der Waals surface area contributed by atoms with Gasteiger partial charge in [0, 0.05) is 19.3 Å². The normalized spacial score (nSPS) is 12.6. The van der Waals surface area contributed by atoms with Crippen molar-refractivity contribution < 1.29 is 31.5 Å². The van der Waals surface area contributed by atoms with Crippen LogP contribution in [-0.2, 0) is 31.1 Å². The van der Waals surface area contributed by atoms with E-state index in [0.29, 0.717) is 38.1 Å². The number of nitrogens with zero attached hydrogens (tertiary/aromatic N) is 1. The molecule has 0 aliphatic heterocycles. The van der Waals surface area contributed by atoms with Gasteiger partial charge in [-0.05, 0) is 75.1 Å². The van der Waals surface area contributed by atoms with Crippen LogP contribution >= 0.6 is 0 Å². The van der Waals surface area contributed by atoms with E-state index in [1.807, 2.05) is 19.1 Å². The number of sulfonamides is 1. The van der Waals surface area contributed by atoms with Crippen LogP contribution in [0, 0.1) is 0 Å². The summed E-state index contributed by atoms with van der Waals surface area (Å²) in [6.07, 6.45) is 2.93. The molecule has 2 aromatic carbocycles. The average molecular weight is 498 g/mol. The van der Waals surface area contributed by atoms with E-state index in [0.717, 1.165) is 11.8 Å². The first-order valence-corrected chi connectivity index (χ1v) is 13.9. The number of carboxylic acid groups (broad SMARTS) is 1. The molecule has 0 aliphatic carbocycles. The molecule has 8 nitrogen and oxygen atoms in total. The van der Waals surface area contributed by atoms with E-state index in [9.17, 15) is 21.6 Å². The van der Waals surface area contributed by atoms with E-state index < -0.39 is 31.4 Å². The summed E-state index contributed by atoms with van der Waals surface area (Å²) in [5.74, 6) is -0.617. The van der Waals surface area contributed by atoms with Gasteiger partial charge in [-0.3, -0.25) is 0 Å². The number of aryl methyl sites for hydroxylation is 1. The van der Waals surface area contributed by atoms with Crippen molar-refractivity contribution in [2.75, 3.05) is 19.3 Å². The summed E-state index contributed by atoms with van der Waals surface area (Å²) in [5.41, 5.74) is -0.363. The Kier molecular flexibility index (Phi) is 8.67. The van der Waals surface area contributed by atoms with E-state index in [1.165, 1.54) is 42.4 Å². The third-order valence-electron chi connectivity index (χ3n) is 5.05. The quantitative estimate of drug-likeness (QED) is 0.478. The van der Waals surface area contributed by atoms with Gasteiger partial charge >= 0.3 is 5.97 Å². The van der Waals surface area contributed by atoms with Crippen molar-refractivity contribution in [1.29, 1.82) is 0 Å². The first-order valence-electron chi connectivity index (χ1n) is 10.6. The van der Waals surface area contributed by atoms with Gasteiger partial charge in [0.05, 0.1) is 9.79 Å². The molecule has 0 saturated heterocycles. The minimum absolute atomic E-state index is 0.0610. The van der Waals surface area contributed by atoms with E-state index in [-0.39, 0.29) is 9.79 Å². The number of hydrogen-bond donors (Lipinski definition) is 1. The molecule has 182 valence electrons. The van der Waals surface area contributed by atoms with Gasteiger partial charge < -0.3 is 9.84 Å². The fraction of sp³-hybridized carbons (Fsp3) is 0.435. The van der Waals surface area contributed by atoms with Crippen LogP contribution < -0.4 is 4.74 Å². The first-order chi connectivity index (χ1) is 15.3. The van der Waals surface area contributed by atoms with Crippen LogP contribution in [0.15, 0.2) is 58.3 Å². The van der Waals surface area contributed by atoms with E-state index in [2.05, 4.69) is 0 Å². The molecule has 0 bridgehead atoms. The highest BCUT2D eigenvalue weighted by Crippen LogP contribution is 2.22. The number of rotatable bonds is 12. The molecule has 0 unspecified atom stereocenters. The maximum atomic E-state index is 13.1. The van der Waals surface area contributed by atoms with Crippen LogP contribution in [0.3, 0.4) is 0 Å². The van der Waals surface area contributed by atoms with Gasteiger partial charge in [0.25, 0.3) is 0 Å². The SMILES string of the molecule is CCCN(CCCc1ccc(OC(C)(C)C(=O)O)cc1)S(=O)(=O)c1ccc(S(C)(=O)=O)cc1. The third kappa shape index (κ3) is 7.28. The largest absolute Gasteiger partial charge is 0.478 e. The Morgan fingerprint density at radius 3 is 1.97 bits per heavy atom. The number of hydrogen-bond acceptors (Lipinski definition) is 6. The molecule has 33 heavy (non-hydrogen) atoms. The first kappa shape index (κ1) is 26.8. The molecule has 0 radical (unpaired) electrons. The number of carboxylic acids is 1. The summed E-state index contributed by atoms with van der Waals surface area (Å²) in [5, 5.41) is 9.16. The molecule has 1 N–H and O–H groups in total. The summed E-state index contributed by atoms with van der Waals surface area (Å²) in [4.78, 5) is 11.3. The summed E-state index contributed by atoms with van der Waals surface area (Å²) in [6, 6.07) is 12.3. The Hall–Kier alpha value is -2.43. The lowest BCUT2D eigenvalue weighted by Gasteiger charge is -2.22. The lowest BCUT2D eigenvalue weighted by molar-refractivity contribution is -0.152. The zero-order valence-corrected chi connectivity index (χ0v) is 20.9. The molecule has 0 amide bonds. The van der Waals surface area contributed by atoms with Crippen LogP contribution in [0.2, 0.25) is 0 Å². The lowest BCUT2D eigenvalue weighted by atomic mass is 10.1. The van der Waals surface area contributed by atoms with Crippen LogP contribution in [0.1, 0.15) is 39.2 Å². The fourth-order valence-corrected chi connectivity index (χ4v) is 5.33. The Morgan fingerprint density at radius 2 is 1.48 bits per heavy atom. The molecule has 2 rings (SSSR count). The van der Waals surface area contributed by atoms with E-state index in [1.54, 1.807) is 12.1 Å². The molecule has 10 heteroatoms. The number of benzene rings is 2. The standard InChI is InChI=1S/C23H31NO7S2/c1-5-16-24(33(29,30)21-14-12-20(13-15-21)32(4,27)28)17-6-7-18-8-10-19(11-9-18)31-23(2,3)22(25)26/h8-15H,5-7,16-17H2,1-4H3,(H,25,26). The third-order valence-corrected chi connectivity index (χ3v) is 8.09. The number of aliphatic carboxylic acids is 1. The number of ether oxygens (including phenoxy) is 1. The van der Waals surface area contributed by atoms with Crippen LogP contribution in [0.4, 0.5) is 0 Å². The Bertz CT molecular complexity index is 1150. The lowest BCUT2D eigenvalue weighted by Crippen LogP contribution is -2.37. The van der Waals surface area contributed by atoms with E-state index >= 15 is 0 Å². The Labute approximate surface area is 196 Å². The highest BCUT2D eigenvalue weighted by Gasteiger charge is 2.29. The molecule has 0 spiro atoms. The van der Waals surface area contributed by atoms with Crippen LogP contribution in [-0.4, -0.2) is 57.2 Å². The molecular weight excluding hydrogens is 466 g/mol. The predicted octanol–water partition coefficient (Wildman–Crippen LogP) is 3.37. The summed E-state index contributed by atoms with van der Waals surface area (Å²) in [7, 11) is -7.16. The van der Waals surface area contributed by atoms with Crippen molar-refractivity contribution in [2.24, 2.45) is 0 Å². The topological polar surface area (TPSA) is 118 Å². The zero-order valence-electron chi connectivity index (χ0n) is 19.3. The highest BCUT2D eigenvalue weighted by molar-refractivity contribution is 7.90. The highest BCUT2D eigenvalue weighted by atomic mass is 32.2. The van der Waals surface area contributed by atoms with Crippen LogP contribution in [0.5, 0.6) is 5.75 Å². The second kappa shape index (κ2) is 10.7. The monoisotopic (exact) mass is 497 g/mol. The van der Waals surface area contributed by atoms with Crippen molar-refractivity contribution in [2.45, 2.75) is 55.4 Å². The van der Waals surface area contributed by atoms with Crippen molar-refractivity contribution in [3.63, 3.8) is 0 Å². The van der Waals surface area contributed by atoms with Crippen LogP contribution in [0.25, 0.3) is 0 Å². The second-order valence-electron chi connectivity index (χ2n) is 8.31. The predicted molar refractivity (Wildman–Crippen MR) is 126 cm³/mol. The minimum atomic E-state index is -3.75. The number of sulfone groups is 1. The van der Waals surface area contributed by atoms with Gasteiger partial charge in [0.1, 0.15) is 5.75 Å². The Balaban J connectivity index is 2.04. The van der Waals surface area contributed by atoms with Gasteiger partial charge in [0.2, 0.25) is 10.0 Å². The summed E-state index contributed by atoms with van der Waals surface area (Å²) < 4.78 is 56.3. The van der Waals surface area contributed by atoms with Gasteiger partial charge in [-0.2, -0.15) is 4.31 Å². The molecule has 0 fully saturated rings. The molecule has 0 saturated carbocycles. The molecule has 0 heterocycles. The van der Waals surface area contributed by atoms with E-state index in [4.69, 9.17) is 9.84 Å². The molecule has 2 aromatic rings. The smallest absolute Gasteiger partial charge is 0.347 e. The molecule has 0 aliphatic rings. The fourth-order valence-electron chi connectivity index (χ4n) is 3.13. The molecular formula is C23H31NO7S2. The number of carbonyl (C=O) groups is 1. The van der Waals surface area contributed by atoms with Gasteiger partial charge in [-0.15, -0.1) is 0 Å². The Morgan fingerprint density at radius 1 is 0.939 bits per heavy atom. The zero-order chi connectivity index (χ0) is 24.9. The van der Waals surface area contributed by atoms with Crippen molar-refractivity contribution in [3.8, 4) is 5.75 Å².